The lowest BCUT2D eigenvalue weighted by molar-refractivity contribution is -0.122. The number of hydrogen-bond acceptors (Lipinski definition) is 4. The van der Waals surface area contributed by atoms with Crippen molar-refractivity contribution >= 4 is 15.9 Å². The Morgan fingerprint density at radius 1 is 1.35 bits per heavy atom. The van der Waals surface area contributed by atoms with Crippen molar-refractivity contribution in [2.24, 2.45) is 5.41 Å². The van der Waals surface area contributed by atoms with E-state index in [1.165, 1.54) is 6.92 Å². The van der Waals surface area contributed by atoms with Crippen LogP contribution in [0.4, 0.5) is 0 Å². The summed E-state index contributed by atoms with van der Waals surface area (Å²) in [6.45, 7) is 7.87. The summed E-state index contributed by atoms with van der Waals surface area (Å²) in [5.41, 5.74) is -0.125. The van der Waals surface area contributed by atoms with Gasteiger partial charge in [0.2, 0.25) is 15.9 Å². The molecule has 0 bridgehead atoms. The Morgan fingerprint density at radius 3 is 2.45 bits per heavy atom. The maximum absolute atomic E-state index is 11.9. The maximum atomic E-state index is 11.9. The zero-order valence-corrected chi connectivity index (χ0v) is 13.7. The third-order valence-electron chi connectivity index (χ3n) is 2.98. The fraction of sp³-hybridized carbons (Fsp3) is 0.923. The second kappa shape index (κ2) is 8.59. The van der Waals surface area contributed by atoms with Crippen LogP contribution >= 0.6 is 0 Å². The zero-order chi connectivity index (χ0) is 15.8. The molecule has 0 saturated carbocycles. The second-order valence-electron chi connectivity index (χ2n) is 5.87. The predicted molar refractivity (Wildman–Crippen MR) is 79.8 cm³/mol. The van der Waals surface area contributed by atoms with E-state index in [4.69, 9.17) is 5.11 Å². The van der Waals surface area contributed by atoms with Crippen LogP contribution in [0.2, 0.25) is 0 Å². The summed E-state index contributed by atoms with van der Waals surface area (Å²) in [5, 5.41) is 11.6. The molecule has 0 aromatic carbocycles. The number of carbonyl (C=O) groups is 1. The van der Waals surface area contributed by atoms with Crippen LogP contribution in [0.15, 0.2) is 0 Å². The molecule has 0 aromatic heterocycles. The average molecular weight is 308 g/mol. The minimum absolute atomic E-state index is 0.0204. The van der Waals surface area contributed by atoms with Gasteiger partial charge in [-0.05, 0) is 31.6 Å². The largest absolute Gasteiger partial charge is 0.396 e. The molecule has 3 N–H and O–H groups in total. The van der Waals surface area contributed by atoms with Gasteiger partial charge in [-0.25, -0.2) is 13.1 Å². The molecule has 0 aliphatic rings. The van der Waals surface area contributed by atoms with Crippen LogP contribution in [-0.4, -0.2) is 44.4 Å². The number of nitrogens with one attached hydrogen (secondary N) is 2. The lowest BCUT2D eigenvalue weighted by atomic mass is 9.88. The Balaban J connectivity index is 4.27. The first-order valence-electron chi connectivity index (χ1n) is 7.02. The Morgan fingerprint density at radius 2 is 1.95 bits per heavy atom. The molecule has 0 aliphatic heterocycles. The van der Waals surface area contributed by atoms with Gasteiger partial charge in [-0.1, -0.05) is 20.8 Å². The summed E-state index contributed by atoms with van der Waals surface area (Å²) in [6.07, 6.45) is 1.99. The molecule has 20 heavy (non-hydrogen) atoms. The number of amides is 1. The average Bonchev–Trinajstić information content (AvgIpc) is 2.33. The maximum Gasteiger partial charge on any atom is 0.237 e. The Kier molecular flexibility index (Phi) is 8.30. The van der Waals surface area contributed by atoms with E-state index in [1.807, 2.05) is 13.8 Å². The third-order valence-corrected chi connectivity index (χ3v) is 4.63. The molecular weight excluding hydrogens is 280 g/mol. The van der Waals surface area contributed by atoms with Crippen molar-refractivity contribution in [1.29, 1.82) is 0 Å². The van der Waals surface area contributed by atoms with Gasteiger partial charge in [0.1, 0.15) is 0 Å². The van der Waals surface area contributed by atoms with Gasteiger partial charge in [-0.3, -0.25) is 4.79 Å². The zero-order valence-electron chi connectivity index (χ0n) is 12.9. The molecule has 0 spiro atoms. The highest BCUT2D eigenvalue weighted by Crippen LogP contribution is 2.20. The van der Waals surface area contributed by atoms with E-state index < -0.39 is 16.1 Å². The number of rotatable bonds is 10. The van der Waals surface area contributed by atoms with Crippen molar-refractivity contribution in [2.75, 3.05) is 18.9 Å². The SMILES string of the molecule is CCCS(=O)(=O)NC(C)C(=O)NCC(C)(C)CCCO. The van der Waals surface area contributed by atoms with Gasteiger partial charge in [0.05, 0.1) is 11.8 Å². The van der Waals surface area contributed by atoms with E-state index in [9.17, 15) is 13.2 Å². The molecule has 1 unspecified atom stereocenters. The number of sulfonamides is 1. The smallest absolute Gasteiger partial charge is 0.237 e. The van der Waals surface area contributed by atoms with Crippen molar-refractivity contribution in [2.45, 2.75) is 53.0 Å². The highest BCUT2D eigenvalue weighted by molar-refractivity contribution is 7.89. The van der Waals surface area contributed by atoms with Crippen LogP contribution in [0.25, 0.3) is 0 Å². The first-order chi connectivity index (χ1) is 9.13. The monoisotopic (exact) mass is 308 g/mol. The van der Waals surface area contributed by atoms with Crippen LogP contribution in [0.5, 0.6) is 0 Å². The van der Waals surface area contributed by atoms with Crippen LogP contribution < -0.4 is 10.0 Å². The van der Waals surface area contributed by atoms with Gasteiger partial charge < -0.3 is 10.4 Å². The van der Waals surface area contributed by atoms with Crippen LogP contribution in [0, 0.1) is 5.41 Å². The normalized spacial score (nSPS) is 14.1. The van der Waals surface area contributed by atoms with E-state index in [0.717, 1.165) is 6.42 Å². The summed E-state index contributed by atoms with van der Waals surface area (Å²) in [5.74, 6) is -0.311. The lowest BCUT2D eigenvalue weighted by Crippen LogP contribution is -2.47. The van der Waals surface area contributed by atoms with Crippen molar-refractivity contribution in [3.63, 3.8) is 0 Å². The summed E-state index contributed by atoms with van der Waals surface area (Å²) >= 11 is 0. The van der Waals surface area contributed by atoms with Gasteiger partial charge in [-0.15, -0.1) is 0 Å². The summed E-state index contributed by atoms with van der Waals surface area (Å²) in [4.78, 5) is 11.9. The summed E-state index contributed by atoms with van der Waals surface area (Å²) in [7, 11) is -3.39. The lowest BCUT2D eigenvalue weighted by Gasteiger charge is -2.25. The van der Waals surface area contributed by atoms with Gasteiger partial charge >= 0.3 is 0 Å². The summed E-state index contributed by atoms with van der Waals surface area (Å²) in [6, 6.07) is -0.778. The van der Waals surface area contributed by atoms with E-state index >= 15 is 0 Å². The van der Waals surface area contributed by atoms with Gasteiger partial charge in [0.15, 0.2) is 0 Å². The van der Waals surface area contributed by atoms with Crippen LogP contribution in [0.3, 0.4) is 0 Å². The molecule has 7 heteroatoms. The molecule has 0 heterocycles. The van der Waals surface area contributed by atoms with Gasteiger partial charge in [0.25, 0.3) is 0 Å². The molecule has 1 atom stereocenters. The van der Waals surface area contributed by atoms with E-state index in [2.05, 4.69) is 10.0 Å². The van der Waals surface area contributed by atoms with Crippen molar-refractivity contribution in [3.05, 3.63) is 0 Å². The van der Waals surface area contributed by atoms with Crippen molar-refractivity contribution < 1.29 is 18.3 Å². The van der Waals surface area contributed by atoms with Gasteiger partial charge in [-0.2, -0.15) is 0 Å². The molecule has 1 amide bonds. The Bertz CT molecular complexity index is 393. The molecule has 120 valence electrons. The Hall–Kier alpha value is -0.660. The van der Waals surface area contributed by atoms with E-state index in [-0.39, 0.29) is 23.7 Å². The molecule has 0 rings (SSSR count). The molecule has 0 radical (unpaired) electrons. The standard InChI is InChI=1S/C13H28N2O4S/c1-5-9-20(18,19)15-11(2)12(17)14-10-13(3,4)7-6-8-16/h11,15-16H,5-10H2,1-4H3,(H,14,17). The molecular formula is C13H28N2O4S. The number of carbonyl (C=O) groups excluding carboxylic acids is 1. The van der Waals surface area contributed by atoms with Crippen LogP contribution in [-0.2, 0) is 14.8 Å². The molecule has 6 nitrogen and oxygen atoms in total. The van der Waals surface area contributed by atoms with E-state index in [1.54, 1.807) is 6.92 Å². The minimum Gasteiger partial charge on any atom is -0.396 e. The Labute approximate surface area is 122 Å². The highest BCUT2D eigenvalue weighted by atomic mass is 32.2. The molecule has 0 aliphatic carbocycles. The fourth-order valence-electron chi connectivity index (χ4n) is 1.78. The molecule has 0 saturated heterocycles. The molecule has 0 fully saturated rings. The third kappa shape index (κ3) is 8.50. The summed E-state index contributed by atoms with van der Waals surface area (Å²) < 4.78 is 25.5. The van der Waals surface area contributed by atoms with Gasteiger partial charge in [0, 0.05) is 13.2 Å². The van der Waals surface area contributed by atoms with Crippen molar-refractivity contribution in [1.82, 2.24) is 10.0 Å². The first kappa shape index (κ1) is 19.3. The second-order valence-corrected chi connectivity index (χ2v) is 7.74. The fourth-order valence-corrected chi connectivity index (χ4v) is 3.08. The topological polar surface area (TPSA) is 95.5 Å². The number of aliphatic hydroxyl groups is 1. The number of hydrogen-bond donors (Lipinski definition) is 3. The molecule has 0 aromatic rings. The minimum atomic E-state index is -3.39. The van der Waals surface area contributed by atoms with E-state index in [0.29, 0.717) is 19.4 Å². The quantitative estimate of drug-likeness (QED) is 0.551. The number of aliphatic hydroxyl groups excluding tert-OH is 1. The van der Waals surface area contributed by atoms with Crippen LogP contribution in [0.1, 0.15) is 47.0 Å². The first-order valence-corrected chi connectivity index (χ1v) is 8.67. The highest BCUT2D eigenvalue weighted by Gasteiger charge is 2.22. The predicted octanol–water partition coefficient (Wildman–Crippen LogP) is 0.619. The van der Waals surface area contributed by atoms with Crippen molar-refractivity contribution in [3.8, 4) is 0 Å².